The Kier molecular flexibility index (Phi) is 5.17. The zero-order valence-electron chi connectivity index (χ0n) is 10.9. The van der Waals surface area contributed by atoms with E-state index in [0.717, 1.165) is 0 Å². The van der Waals surface area contributed by atoms with Crippen LogP contribution < -0.4 is 0 Å². The summed E-state index contributed by atoms with van der Waals surface area (Å²) in [6.07, 6.45) is 2.03. The van der Waals surface area contributed by atoms with E-state index < -0.39 is 17.5 Å². The molecule has 2 nitrogen and oxygen atoms in total. The van der Waals surface area contributed by atoms with Crippen LogP contribution in [-0.2, 0) is 4.79 Å². The second kappa shape index (κ2) is 5.46. The lowest BCUT2D eigenvalue weighted by atomic mass is 9.79. The zero-order chi connectivity index (χ0) is 13.0. The van der Waals surface area contributed by atoms with Crippen LogP contribution in [0.25, 0.3) is 0 Å². The molecule has 1 atom stereocenters. The predicted octanol–water partition coefficient (Wildman–Crippen LogP) is 3.82. The van der Waals surface area contributed by atoms with Crippen LogP contribution in [0.4, 0.5) is 4.39 Å². The van der Waals surface area contributed by atoms with Crippen LogP contribution in [0.5, 0.6) is 0 Å². The summed E-state index contributed by atoms with van der Waals surface area (Å²) in [6.45, 7) is 8.55. The van der Waals surface area contributed by atoms with Crippen molar-refractivity contribution >= 4 is 5.78 Å². The molecule has 0 saturated carbocycles. The average Bonchev–Trinajstić information content (AvgIpc) is 2.16. The van der Waals surface area contributed by atoms with Gasteiger partial charge in [0.1, 0.15) is 5.76 Å². The van der Waals surface area contributed by atoms with Crippen LogP contribution in [0.15, 0.2) is 11.8 Å². The van der Waals surface area contributed by atoms with Crippen LogP contribution in [0.3, 0.4) is 0 Å². The molecule has 0 aromatic heterocycles. The highest BCUT2D eigenvalue weighted by molar-refractivity contribution is 5.94. The van der Waals surface area contributed by atoms with E-state index in [0.29, 0.717) is 6.42 Å². The third kappa shape index (κ3) is 3.95. The number of carbonyl (C=O) groups excluding carboxylic acids is 1. The van der Waals surface area contributed by atoms with Crippen LogP contribution in [0.2, 0.25) is 0 Å². The molecule has 0 aliphatic carbocycles. The van der Waals surface area contributed by atoms with Crippen molar-refractivity contribution in [3.8, 4) is 0 Å². The quantitative estimate of drug-likeness (QED) is 0.576. The molecule has 1 unspecified atom stereocenters. The van der Waals surface area contributed by atoms with E-state index in [4.69, 9.17) is 0 Å². The van der Waals surface area contributed by atoms with Crippen molar-refractivity contribution in [3.05, 3.63) is 11.8 Å². The molecule has 94 valence electrons. The van der Waals surface area contributed by atoms with Crippen LogP contribution >= 0.6 is 0 Å². The number of allylic oxidation sites excluding steroid dienone is 2. The van der Waals surface area contributed by atoms with E-state index in [1.54, 1.807) is 6.92 Å². The first-order chi connectivity index (χ1) is 7.17. The number of aliphatic hydroxyl groups excluding tert-OH is 1. The van der Waals surface area contributed by atoms with Gasteiger partial charge in [0, 0.05) is 16.9 Å². The van der Waals surface area contributed by atoms with E-state index in [9.17, 15) is 14.3 Å². The Morgan fingerprint density at radius 1 is 1.31 bits per heavy atom. The molecule has 0 heterocycles. The third-order valence-corrected chi connectivity index (χ3v) is 3.06. The molecule has 0 radical (unpaired) electrons. The molecular formula is C13H23FO2. The third-order valence-electron chi connectivity index (χ3n) is 3.06. The van der Waals surface area contributed by atoms with E-state index >= 15 is 0 Å². The smallest absolute Gasteiger partial charge is 0.164 e. The highest BCUT2D eigenvalue weighted by Crippen LogP contribution is 2.30. The molecule has 1 N–H and O–H groups in total. The van der Waals surface area contributed by atoms with Gasteiger partial charge in [-0.25, -0.2) is 0 Å². The Morgan fingerprint density at radius 2 is 1.81 bits per heavy atom. The molecular weight excluding hydrogens is 207 g/mol. The number of hydrogen-bond donors (Lipinski definition) is 1. The summed E-state index contributed by atoms with van der Waals surface area (Å²) in [5.41, 5.74) is -1.14. The van der Waals surface area contributed by atoms with Crippen LogP contribution in [-0.4, -0.2) is 17.6 Å². The van der Waals surface area contributed by atoms with Crippen molar-refractivity contribution in [3.63, 3.8) is 0 Å². The minimum Gasteiger partial charge on any atom is -0.512 e. The second-order valence-electron chi connectivity index (χ2n) is 5.50. The van der Waals surface area contributed by atoms with Gasteiger partial charge in [-0.2, -0.15) is 0 Å². The van der Waals surface area contributed by atoms with Crippen LogP contribution in [0, 0.1) is 10.8 Å². The molecule has 0 aromatic carbocycles. The summed E-state index contributed by atoms with van der Waals surface area (Å²) in [7, 11) is 0. The lowest BCUT2D eigenvalue weighted by molar-refractivity contribution is -0.124. The minimum absolute atomic E-state index is 0.0519. The van der Waals surface area contributed by atoms with Crippen molar-refractivity contribution in [2.24, 2.45) is 10.8 Å². The molecule has 0 spiro atoms. The molecule has 0 saturated heterocycles. The largest absolute Gasteiger partial charge is 0.512 e. The monoisotopic (exact) mass is 230 g/mol. The molecule has 3 heteroatoms. The fourth-order valence-electron chi connectivity index (χ4n) is 1.20. The zero-order valence-corrected chi connectivity index (χ0v) is 10.9. The molecule has 0 bridgehead atoms. The first kappa shape index (κ1) is 15.1. The molecule has 0 aromatic rings. The minimum atomic E-state index is -0.700. The highest BCUT2D eigenvalue weighted by atomic mass is 19.1. The molecule has 0 rings (SSSR count). The van der Waals surface area contributed by atoms with Gasteiger partial charge in [-0.1, -0.05) is 34.6 Å². The standard InChI is InChI=1S/C13H23FO2/c1-6-13(5,7-8-14)11(16)9-10(15)12(2,3)4/h9,15H,6-8H2,1-5H3/b10-9-. The van der Waals surface area contributed by atoms with E-state index in [-0.39, 0.29) is 18.0 Å². The summed E-state index contributed by atoms with van der Waals surface area (Å²) in [5.74, 6) is -0.142. The molecule has 0 amide bonds. The first-order valence-electron chi connectivity index (χ1n) is 5.69. The number of ketones is 1. The van der Waals surface area contributed by atoms with Gasteiger partial charge in [0.05, 0.1) is 6.67 Å². The summed E-state index contributed by atoms with van der Waals surface area (Å²) in [4.78, 5) is 11.9. The van der Waals surface area contributed by atoms with E-state index in [1.807, 2.05) is 27.7 Å². The van der Waals surface area contributed by atoms with Gasteiger partial charge in [0.25, 0.3) is 0 Å². The normalized spacial score (nSPS) is 17.0. The van der Waals surface area contributed by atoms with Crippen molar-refractivity contribution < 1.29 is 14.3 Å². The number of halogens is 1. The summed E-state index contributed by atoms with van der Waals surface area (Å²) < 4.78 is 12.4. The van der Waals surface area contributed by atoms with Crippen molar-refractivity contribution in [1.29, 1.82) is 0 Å². The Balaban J connectivity index is 4.92. The number of hydrogen-bond acceptors (Lipinski definition) is 2. The maximum atomic E-state index is 12.4. The van der Waals surface area contributed by atoms with Gasteiger partial charge >= 0.3 is 0 Å². The summed E-state index contributed by atoms with van der Waals surface area (Å²) in [5, 5.41) is 9.73. The fraction of sp³-hybridized carbons (Fsp3) is 0.769. The number of aliphatic hydroxyl groups is 1. The molecule has 16 heavy (non-hydrogen) atoms. The molecule has 0 aliphatic rings. The van der Waals surface area contributed by atoms with Crippen molar-refractivity contribution in [2.45, 2.75) is 47.5 Å². The fourth-order valence-corrected chi connectivity index (χ4v) is 1.20. The maximum Gasteiger partial charge on any atom is 0.164 e. The topological polar surface area (TPSA) is 37.3 Å². The lowest BCUT2D eigenvalue weighted by Gasteiger charge is -2.25. The van der Waals surface area contributed by atoms with Gasteiger partial charge in [0.15, 0.2) is 5.78 Å². The lowest BCUT2D eigenvalue weighted by Crippen LogP contribution is -2.27. The van der Waals surface area contributed by atoms with Crippen molar-refractivity contribution in [2.75, 3.05) is 6.67 Å². The Labute approximate surface area is 97.6 Å². The molecule has 0 aliphatic heterocycles. The Hall–Kier alpha value is -0.860. The van der Waals surface area contributed by atoms with Crippen LogP contribution in [0.1, 0.15) is 47.5 Å². The summed E-state index contributed by atoms with van der Waals surface area (Å²) in [6, 6.07) is 0. The first-order valence-corrected chi connectivity index (χ1v) is 5.69. The summed E-state index contributed by atoms with van der Waals surface area (Å²) >= 11 is 0. The average molecular weight is 230 g/mol. The van der Waals surface area contributed by atoms with E-state index in [2.05, 4.69) is 0 Å². The van der Waals surface area contributed by atoms with E-state index in [1.165, 1.54) is 6.08 Å². The second-order valence-corrected chi connectivity index (χ2v) is 5.50. The molecule has 0 fully saturated rings. The predicted molar refractivity (Wildman–Crippen MR) is 64.2 cm³/mol. The van der Waals surface area contributed by atoms with Gasteiger partial charge in [-0.3, -0.25) is 9.18 Å². The Bertz CT molecular complexity index is 276. The maximum absolute atomic E-state index is 12.4. The number of rotatable bonds is 5. The number of alkyl halides is 1. The van der Waals surface area contributed by atoms with Gasteiger partial charge in [-0.15, -0.1) is 0 Å². The Morgan fingerprint density at radius 3 is 2.12 bits per heavy atom. The van der Waals surface area contributed by atoms with Crippen molar-refractivity contribution in [1.82, 2.24) is 0 Å². The van der Waals surface area contributed by atoms with Gasteiger partial charge in [0.2, 0.25) is 0 Å². The van der Waals surface area contributed by atoms with Gasteiger partial charge < -0.3 is 5.11 Å². The van der Waals surface area contributed by atoms with Gasteiger partial charge in [-0.05, 0) is 12.8 Å². The number of carbonyl (C=O) groups is 1. The highest BCUT2D eigenvalue weighted by Gasteiger charge is 2.30. The SMILES string of the molecule is CCC(C)(CCF)C(=O)/C=C(\O)C(C)(C)C.